The number of hydrogen-bond acceptors (Lipinski definition) is 3. The summed E-state index contributed by atoms with van der Waals surface area (Å²) in [6.45, 7) is 11.5. The van der Waals surface area contributed by atoms with Crippen molar-refractivity contribution < 1.29 is 4.74 Å². The molecule has 5 nitrogen and oxygen atoms in total. The summed E-state index contributed by atoms with van der Waals surface area (Å²) in [4.78, 5) is 7.05. The fourth-order valence-corrected chi connectivity index (χ4v) is 2.81. The first kappa shape index (κ1) is 22.0. The fraction of sp³-hybridized carbons (Fsp3) is 0.632. The van der Waals surface area contributed by atoms with Crippen LogP contribution in [0.5, 0.6) is 0 Å². The third-order valence-electron chi connectivity index (χ3n) is 3.95. The highest BCUT2D eigenvalue weighted by molar-refractivity contribution is 14.0. The normalized spacial score (nSPS) is 17.5. The first-order chi connectivity index (χ1) is 11.7. The molecule has 0 saturated carbocycles. The van der Waals surface area contributed by atoms with Crippen molar-refractivity contribution in [2.75, 3.05) is 44.3 Å². The number of anilines is 1. The number of nitrogens with one attached hydrogen (secondary N) is 2. The number of hydrogen-bond donors (Lipinski definition) is 2. The summed E-state index contributed by atoms with van der Waals surface area (Å²) in [7, 11) is 0. The summed E-state index contributed by atoms with van der Waals surface area (Å²) in [6.07, 6.45) is 1.13. The lowest BCUT2D eigenvalue weighted by Crippen LogP contribution is -2.44. The van der Waals surface area contributed by atoms with E-state index in [1.54, 1.807) is 0 Å². The lowest BCUT2D eigenvalue weighted by molar-refractivity contribution is 0.117. The summed E-state index contributed by atoms with van der Waals surface area (Å²) in [6, 6.07) is 11.0. The van der Waals surface area contributed by atoms with Crippen LogP contribution < -0.4 is 15.5 Å². The smallest absolute Gasteiger partial charge is 0.191 e. The number of para-hydroxylation sites is 1. The van der Waals surface area contributed by atoms with Crippen LogP contribution in [0.2, 0.25) is 0 Å². The number of nitrogens with zero attached hydrogens (tertiary/aromatic N) is 2. The topological polar surface area (TPSA) is 48.9 Å². The number of halogens is 1. The van der Waals surface area contributed by atoms with Crippen LogP contribution in [0.25, 0.3) is 0 Å². The molecule has 6 heteroatoms. The zero-order chi connectivity index (χ0) is 17.2. The summed E-state index contributed by atoms with van der Waals surface area (Å²) in [5.74, 6) is 1.47. The Hall–Kier alpha value is -1.02. The van der Waals surface area contributed by atoms with Gasteiger partial charge in [-0.15, -0.1) is 24.0 Å². The molecule has 1 atom stereocenters. The maximum Gasteiger partial charge on any atom is 0.191 e. The Labute approximate surface area is 169 Å². The second-order valence-corrected chi connectivity index (χ2v) is 6.64. The summed E-state index contributed by atoms with van der Waals surface area (Å²) >= 11 is 0. The van der Waals surface area contributed by atoms with Crippen LogP contribution in [0.3, 0.4) is 0 Å². The van der Waals surface area contributed by atoms with Gasteiger partial charge in [-0.05, 0) is 31.4 Å². The zero-order valence-corrected chi connectivity index (χ0v) is 18.0. The molecule has 25 heavy (non-hydrogen) atoms. The van der Waals surface area contributed by atoms with E-state index in [0.717, 1.165) is 38.6 Å². The van der Waals surface area contributed by atoms with E-state index in [-0.39, 0.29) is 24.0 Å². The van der Waals surface area contributed by atoms with Gasteiger partial charge < -0.3 is 20.3 Å². The second kappa shape index (κ2) is 12.4. The predicted molar refractivity (Wildman–Crippen MR) is 117 cm³/mol. The standard InChI is InChI=1S/C19H32N4O.HI/c1-4-20-19(21-11-13-24-15-16(2)3)22-17-10-12-23(14-17)18-8-6-5-7-9-18;/h5-9,16-17H,4,10-15H2,1-3H3,(H2,20,21,22);1H. The maximum atomic E-state index is 5.60. The molecule has 142 valence electrons. The first-order valence-electron chi connectivity index (χ1n) is 9.11. The van der Waals surface area contributed by atoms with E-state index >= 15 is 0 Å². The quantitative estimate of drug-likeness (QED) is 0.271. The molecule has 0 bridgehead atoms. The Bertz CT molecular complexity index is 495. The van der Waals surface area contributed by atoms with Crippen molar-refractivity contribution in [2.45, 2.75) is 33.2 Å². The van der Waals surface area contributed by atoms with Gasteiger partial charge in [-0.1, -0.05) is 32.0 Å². The molecular weight excluding hydrogens is 427 g/mol. The van der Waals surface area contributed by atoms with Gasteiger partial charge in [0.15, 0.2) is 5.96 Å². The Morgan fingerprint density at radius 3 is 2.76 bits per heavy atom. The Kier molecular flexibility index (Phi) is 10.9. The monoisotopic (exact) mass is 460 g/mol. The van der Waals surface area contributed by atoms with Gasteiger partial charge in [-0.3, -0.25) is 4.99 Å². The van der Waals surface area contributed by atoms with E-state index in [1.165, 1.54) is 5.69 Å². The SMILES string of the molecule is CCNC(=NCCOCC(C)C)NC1CCN(c2ccccc2)C1.I. The number of ether oxygens (including phenoxy) is 1. The molecular formula is C19H33IN4O. The van der Waals surface area contributed by atoms with E-state index in [2.05, 4.69) is 71.6 Å². The molecule has 1 aliphatic heterocycles. The first-order valence-corrected chi connectivity index (χ1v) is 9.11. The van der Waals surface area contributed by atoms with Crippen LogP contribution in [0.15, 0.2) is 35.3 Å². The van der Waals surface area contributed by atoms with Crippen molar-refractivity contribution in [1.29, 1.82) is 0 Å². The van der Waals surface area contributed by atoms with Crippen molar-refractivity contribution in [3.8, 4) is 0 Å². The molecule has 1 saturated heterocycles. The molecule has 2 N–H and O–H groups in total. The Balaban J connectivity index is 0.00000312. The highest BCUT2D eigenvalue weighted by Gasteiger charge is 2.23. The minimum atomic E-state index is 0. The molecule has 0 aromatic heterocycles. The van der Waals surface area contributed by atoms with Crippen LogP contribution in [0, 0.1) is 5.92 Å². The van der Waals surface area contributed by atoms with Crippen molar-refractivity contribution in [3.63, 3.8) is 0 Å². The molecule has 0 aliphatic carbocycles. The van der Waals surface area contributed by atoms with Crippen LogP contribution in [-0.4, -0.2) is 51.4 Å². The highest BCUT2D eigenvalue weighted by Crippen LogP contribution is 2.19. The van der Waals surface area contributed by atoms with E-state index < -0.39 is 0 Å². The van der Waals surface area contributed by atoms with E-state index in [1.807, 2.05) is 0 Å². The second-order valence-electron chi connectivity index (χ2n) is 6.64. The van der Waals surface area contributed by atoms with Gasteiger partial charge in [0.25, 0.3) is 0 Å². The zero-order valence-electron chi connectivity index (χ0n) is 15.7. The minimum absolute atomic E-state index is 0. The highest BCUT2D eigenvalue weighted by atomic mass is 127. The molecule has 1 heterocycles. The van der Waals surface area contributed by atoms with Gasteiger partial charge in [-0.2, -0.15) is 0 Å². The van der Waals surface area contributed by atoms with Crippen LogP contribution in [0.1, 0.15) is 27.2 Å². The third-order valence-corrected chi connectivity index (χ3v) is 3.95. The average molecular weight is 460 g/mol. The molecule has 1 aromatic rings. The molecule has 1 aliphatic rings. The lowest BCUT2D eigenvalue weighted by Gasteiger charge is -2.20. The third kappa shape index (κ3) is 8.27. The van der Waals surface area contributed by atoms with Crippen LogP contribution in [0.4, 0.5) is 5.69 Å². The summed E-state index contributed by atoms with van der Waals surface area (Å²) in [5.41, 5.74) is 1.30. The van der Waals surface area contributed by atoms with Gasteiger partial charge in [0.05, 0.1) is 13.2 Å². The fourth-order valence-electron chi connectivity index (χ4n) is 2.81. The van der Waals surface area contributed by atoms with Gasteiger partial charge in [0.2, 0.25) is 0 Å². The molecule has 0 radical (unpaired) electrons. The molecule has 0 spiro atoms. The van der Waals surface area contributed by atoms with E-state index in [4.69, 9.17) is 4.74 Å². The molecule has 2 rings (SSSR count). The van der Waals surface area contributed by atoms with Crippen LogP contribution >= 0.6 is 24.0 Å². The average Bonchev–Trinajstić information content (AvgIpc) is 3.04. The van der Waals surface area contributed by atoms with Crippen molar-refractivity contribution in [3.05, 3.63) is 30.3 Å². The number of guanidine groups is 1. The van der Waals surface area contributed by atoms with Crippen molar-refractivity contribution in [2.24, 2.45) is 10.9 Å². The summed E-state index contributed by atoms with van der Waals surface area (Å²) in [5, 5.41) is 6.89. The Morgan fingerprint density at radius 1 is 1.32 bits per heavy atom. The lowest BCUT2D eigenvalue weighted by atomic mass is 10.2. The van der Waals surface area contributed by atoms with Crippen molar-refractivity contribution >= 4 is 35.6 Å². The van der Waals surface area contributed by atoms with Gasteiger partial charge in [-0.25, -0.2) is 0 Å². The van der Waals surface area contributed by atoms with Crippen LogP contribution in [-0.2, 0) is 4.74 Å². The number of aliphatic imine (C=N–C) groups is 1. The van der Waals surface area contributed by atoms with E-state index in [0.29, 0.717) is 25.1 Å². The Morgan fingerprint density at radius 2 is 2.08 bits per heavy atom. The molecule has 1 aromatic carbocycles. The van der Waals surface area contributed by atoms with Gasteiger partial charge in [0, 0.05) is 38.0 Å². The van der Waals surface area contributed by atoms with Gasteiger partial charge >= 0.3 is 0 Å². The molecule has 0 amide bonds. The van der Waals surface area contributed by atoms with Crippen molar-refractivity contribution in [1.82, 2.24) is 10.6 Å². The number of rotatable bonds is 8. The van der Waals surface area contributed by atoms with Gasteiger partial charge in [0.1, 0.15) is 0 Å². The molecule has 1 unspecified atom stereocenters. The molecule has 1 fully saturated rings. The largest absolute Gasteiger partial charge is 0.379 e. The van der Waals surface area contributed by atoms with E-state index in [9.17, 15) is 0 Å². The number of benzene rings is 1. The maximum absolute atomic E-state index is 5.60. The summed E-state index contributed by atoms with van der Waals surface area (Å²) < 4.78 is 5.60. The minimum Gasteiger partial charge on any atom is -0.379 e. The predicted octanol–water partition coefficient (Wildman–Crippen LogP) is 3.11.